The second-order valence-corrected chi connectivity index (χ2v) is 7.93. The zero-order chi connectivity index (χ0) is 20.2. The summed E-state index contributed by atoms with van der Waals surface area (Å²) in [5.41, 5.74) is 0.632. The number of hydrogen-bond donors (Lipinski definition) is 2. The van der Waals surface area contributed by atoms with Gasteiger partial charge in [0.25, 0.3) is 0 Å². The van der Waals surface area contributed by atoms with Crippen molar-refractivity contribution in [2.24, 2.45) is 4.99 Å². The van der Waals surface area contributed by atoms with Crippen LogP contribution in [0.3, 0.4) is 0 Å². The number of alkyl halides is 3. The third-order valence-corrected chi connectivity index (χ3v) is 4.41. The van der Waals surface area contributed by atoms with E-state index in [4.69, 9.17) is 0 Å². The van der Waals surface area contributed by atoms with E-state index >= 15 is 0 Å². The second kappa shape index (κ2) is 10.00. The number of rotatable bonds is 3. The van der Waals surface area contributed by atoms with Gasteiger partial charge in [-0.1, -0.05) is 0 Å². The summed E-state index contributed by atoms with van der Waals surface area (Å²) in [4.78, 5) is 8.53. The van der Waals surface area contributed by atoms with E-state index in [-0.39, 0.29) is 36.1 Å². The van der Waals surface area contributed by atoms with Crippen LogP contribution in [-0.4, -0.2) is 56.7 Å². The Morgan fingerprint density at radius 3 is 2.21 bits per heavy atom. The SMILES string of the molecule is CN=C(NCc1cc(C(F)(F)F)ccc1N1CCN(C)CC1)NC(C)(C)C.I. The van der Waals surface area contributed by atoms with Gasteiger partial charge < -0.3 is 20.4 Å². The Hall–Kier alpha value is -1.23. The fraction of sp³-hybridized carbons (Fsp3) is 0.632. The molecule has 0 spiro atoms. The molecular weight excluding hydrogens is 482 g/mol. The molecule has 9 heteroatoms. The highest BCUT2D eigenvalue weighted by molar-refractivity contribution is 14.0. The normalized spacial score (nSPS) is 16.6. The largest absolute Gasteiger partial charge is 0.416 e. The van der Waals surface area contributed by atoms with E-state index in [2.05, 4.69) is 32.5 Å². The molecule has 2 rings (SSSR count). The number of nitrogens with zero attached hydrogens (tertiary/aromatic N) is 3. The predicted octanol–water partition coefficient (Wildman–Crippen LogP) is 3.54. The summed E-state index contributed by atoms with van der Waals surface area (Å²) in [5, 5.41) is 6.37. The van der Waals surface area contributed by atoms with Crippen molar-refractivity contribution in [1.29, 1.82) is 0 Å². The molecule has 0 atom stereocenters. The summed E-state index contributed by atoms with van der Waals surface area (Å²) in [6, 6.07) is 4.00. The fourth-order valence-electron chi connectivity index (χ4n) is 2.97. The number of halogens is 4. The molecule has 0 saturated carbocycles. The van der Waals surface area contributed by atoms with Gasteiger partial charge in [0.1, 0.15) is 0 Å². The van der Waals surface area contributed by atoms with Crippen LogP contribution in [0, 0.1) is 0 Å². The van der Waals surface area contributed by atoms with Crippen LogP contribution in [0.25, 0.3) is 0 Å². The van der Waals surface area contributed by atoms with Crippen LogP contribution < -0.4 is 15.5 Å². The quantitative estimate of drug-likeness (QED) is 0.369. The molecule has 1 saturated heterocycles. The van der Waals surface area contributed by atoms with Crippen molar-refractivity contribution < 1.29 is 13.2 Å². The first kappa shape index (κ1) is 24.8. The monoisotopic (exact) mass is 513 g/mol. The lowest BCUT2D eigenvalue weighted by atomic mass is 10.1. The van der Waals surface area contributed by atoms with Crippen LogP contribution >= 0.6 is 24.0 Å². The molecule has 0 unspecified atom stereocenters. The van der Waals surface area contributed by atoms with Crippen molar-refractivity contribution in [3.8, 4) is 0 Å². The number of nitrogens with one attached hydrogen (secondary N) is 2. The van der Waals surface area contributed by atoms with Gasteiger partial charge >= 0.3 is 6.18 Å². The Morgan fingerprint density at radius 2 is 1.71 bits per heavy atom. The Kier molecular flexibility index (Phi) is 8.86. The summed E-state index contributed by atoms with van der Waals surface area (Å²) in [5.74, 6) is 0.559. The highest BCUT2D eigenvalue weighted by atomic mass is 127. The van der Waals surface area contributed by atoms with Crippen LogP contribution in [0.5, 0.6) is 0 Å². The smallest absolute Gasteiger partial charge is 0.369 e. The molecule has 1 fully saturated rings. The summed E-state index contributed by atoms with van der Waals surface area (Å²) in [6.07, 6.45) is -4.36. The minimum absolute atomic E-state index is 0. The molecule has 1 aliphatic heterocycles. The maximum atomic E-state index is 13.2. The van der Waals surface area contributed by atoms with Crippen LogP contribution in [0.1, 0.15) is 31.9 Å². The van der Waals surface area contributed by atoms with E-state index in [1.807, 2.05) is 20.8 Å². The number of benzene rings is 1. The molecule has 0 bridgehead atoms. The number of anilines is 1. The summed E-state index contributed by atoms with van der Waals surface area (Å²) >= 11 is 0. The van der Waals surface area contributed by atoms with Crippen LogP contribution in [0.2, 0.25) is 0 Å². The summed E-state index contributed by atoms with van der Waals surface area (Å²) in [6.45, 7) is 9.64. The summed E-state index contributed by atoms with van der Waals surface area (Å²) < 4.78 is 39.6. The molecule has 0 radical (unpaired) electrons. The lowest BCUT2D eigenvalue weighted by Crippen LogP contribution is -2.47. The molecular formula is C19H31F3IN5. The Bertz CT molecular complexity index is 663. The zero-order valence-electron chi connectivity index (χ0n) is 17.2. The van der Waals surface area contributed by atoms with Gasteiger partial charge in [0.2, 0.25) is 0 Å². The lowest BCUT2D eigenvalue weighted by molar-refractivity contribution is -0.137. The third-order valence-electron chi connectivity index (χ3n) is 4.41. The van der Waals surface area contributed by atoms with Crippen molar-refractivity contribution in [3.05, 3.63) is 29.3 Å². The molecule has 1 aromatic carbocycles. The molecule has 28 heavy (non-hydrogen) atoms. The maximum Gasteiger partial charge on any atom is 0.416 e. The van der Waals surface area contributed by atoms with Crippen LogP contribution in [0.4, 0.5) is 18.9 Å². The van der Waals surface area contributed by atoms with Gasteiger partial charge in [0, 0.05) is 51.0 Å². The van der Waals surface area contributed by atoms with Gasteiger partial charge in [-0.3, -0.25) is 4.99 Å². The molecule has 1 aromatic rings. The predicted molar refractivity (Wildman–Crippen MR) is 120 cm³/mol. The molecule has 1 heterocycles. The third kappa shape index (κ3) is 7.31. The first-order valence-electron chi connectivity index (χ1n) is 9.12. The van der Waals surface area contributed by atoms with E-state index < -0.39 is 11.7 Å². The Morgan fingerprint density at radius 1 is 1.11 bits per heavy atom. The minimum Gasteiger partial charge on any atom is -0.369 e. The standard InChI is InChI=1S/C19H30F3N5.HI/c1-18(2,3)25-17(23-4)24-13-14-12-15(19(20,21)22)6-7-16(14)27-10-8-26(5)9-11-27;/h6-7,12H,8-11,13H2,1-5H3,(H2,23,24,25);1H. The molecule has 0 amide bonds. The van der Waals surface area contributed by atoms with E-state index in [0.717, 1.165) is 31.9 Å². The van der Waals surface area contributed by atoms with Crippen molar-refractivity contribution in [2.45, 2.75) is 39.0 Å². The van der Waals surface area contributed by atoms with Crippen LogP contribution in [-0.2, 0) is 12.7 Å². The summed E-state index contributed by atoms with van der Waals surface area (Å²) in [7, 11) is 3.70. The van der Waals surface area contributed by atoms with E-state index in [1.54, 1.807) is 13.1 Å². The van der Waals surface area contributed by atoms with Crippen molar-refractivity contribution in [3.63, 3.8) is 0 Å². The molecule has 160 valence electrons. The van der Waals surface area contributed by atoms with Gasteiger partial charge in [0.05, 0.1) is 5.56 Å². The lowest BCUT2D eigenvalue weighted by Gasteiger charge is -2.35. The first-order valence-corrected chi connectivity index (χ1v) is 9.12. The Labute approximate surface area is 182 Å². The van der Waals surface area contributed by atoms with Gasteiger partial charge in [-0.05, 0) is 51.6 Å². The van der Waals surface area contributed by atoms with Crippen LogP contribution in [0.15, 0.2) is 23.2 Å². The van der Waals surface area contributed by atoms with Gasteiger partial charge in [0.15, 0.2) is 5.96 Å². The number of likely N-dealkylation sites (N-methyl/N-ethyl adjacent to an activating group) is 1. The van der Waals surface area contributed by atoms with Crippen molar-refractivity contribution in [2.75, 3.05) is 45.2 Å². The molecule has 0 aliphatic carbocycles. The maximum absolute atomic E-state index is 13.2. The number of guanidine groups is 1. The first-order chi connectivity index (χ1) is 12.5. The molecule has 5 nitrogen and oxygen atoms in total. The van der Waals surface area contributed by atoms with E-state index in [0.29, 0.717) is 11.5 Å². The van der Waals surface area contributed by atoms with Crippen molar-refractivity contribution >= 4 is 35.6 Å². The fourth-order valence-corrected chi connectivity index (χ4v) is 2.97. The van der Waals surface area contributed by atoms with E-state index in [9.17, 15) is 13.2 Å². The Balaban J connectivity index is 0.00000392. The highest BCUT2D eigenvalue weighted by Crippen LogP contribution is 2.33. The average Bonchev–Trinajstić information content (AvgIpc) is 2.57. The molecule has 2 N–H and O–H groups in total. The second-order valence-electron chi connectivity index (χ2n) is 7.93. The highest BCUT2D eigenvalue weighted by Gasteiger charge is 2.31. The zero-order valence-corrected chi connectivity index (χ0v) is 19.5. The molecule has 0 aromatic heterocycles. The molecule has 1 aliphatic rings. The number of piperazine rings is 1. The van der Waals surface area contributed by atoms with Gasteiger partial charge in [-0.25, -0.2) is 0 Å². The van der Waals surface area contributed by atoms with Crippen molar-refractivity contribution in [1.82, 2.24) is 15.5 Å². The van der Waals surface area contributed by atoms with Gasteiger partial charge in [-0.15, -0.1) is 24.0 Å². The number of hydrogen-bond acceptors (Lipinski definition) is 3. The average molecular weight is 513 g/mol. The van der Waals surface area contributed by atoms with Gasteiger partial charge in [-0.2, -0.15) is 13.2 Å². The number of aliphatic imine (C=N–C) groups is 1. The topological polar surface area (TPSA) is 42.9 Å². The minimum atomic E-state index is -4.36. The van der Waals surface area contributed by atoms with E-state index in [1.165, 1.54) is 12.1 Å².